The molecule has 0 saturated heterocycles. The first-order chi connectivity index (χ1) is 25.8. The Labute approximate surface area is 299 Å². The second-order valence-electron chi connectivity index (χ2n) is 13.4. The van der Waals surface area contributed by atoms with Crippen LogP contribution in [0.25, 0.3) is 99.3 Å². The van der Waals surface area contributed by atoms with E-state index in [1.807, 2.05) is 6.07 Å². The summed E-state index contributed by atoms with van der Waals surface area (Å²) in [5.74, 6) is 0.657. The second kappa shape index (κ2) is 11.2. The molecule has 4 heteroatoms. The summed E-state index contributed by atoms with van der Waals surface area (Å²) >= 11 is 0. The van der Waals surface area contributed by atoms with Crippen LogP contribution in [0.15, 0.2) is 182 Å². The van der Waals surface area contributed by atoms with Gasteiger partial charge in [-0.05, 0) is 52.9 Å². The molecule has 11 aromatic rings. The zero-order valence-electron chi connectivity index (χ0n) is 28.1. The van der Waals surface area contributed by atoms with Gasteiger partial charge >= 0.3 is 0 Å². The Morgan fingerprint density at radius 3 is 1.94 bits per heavy atom. The van der Waals surface area contributed by atoms with Crippen molar-refractivity contribution in [1.29, 1.82) is 0 Å². The maximum absolute atomic E-state index is 5.40. The Hall–Kier alpha value is -7.04. The molecule has 0 aliphatic rings. The topological polar surface area (TPSA) is 35.6 Å². The first-order valence-electron chi connectivity index (χ1n) is 17.7. The highest BCUT2D eigenvalue weighted by molar-refractivity contribution is 6.20. The molecule has 242 valence electrons. The van der Waals surface area contributed by atoms with Crippen molar-refractivity contribution in [2.24, 2.45) is 0 Å². The second-order valence-corrected chi connectivity index (χ2v) is 13.4. The lowest BCUT2D eigenvalue weighted by molar-refractivity contribution is 1.02. The maximum Gasteiger partial charge on any atom is 0.235 e. The Morgan fingerprint density at radius 2 is 1.08 bits per heavy atom. The van der Waals surface area contributed by atoms with Gasteiger partial charge in [0.25, 0.3) is 0 Å². The molecule has 0 saturated carbocycles. The van der Waals surface area contributed by atoms with E-state index in [1.54, 1.807) is 0 Å². The fourth-order valence-electron chi connectivity index (χ4n) is 8.25. The minimum Gasteiger partial charge on any atom is -0.309 e. The van der Waals surface area contributed by atoms with Gasteiger partial charge in [-0.15, -0.1) is 0 Å². The van der Waals surface area contributed by atoms with E-state index >= 15 is 0 Å². The van der Waals surface area contributed by atoms with Gasteiger partial charge in [0, 0.05) is 43.6 Å². The molecule has 0 unspecified atom stereocenters. The standard InChI is InChI=1S/C48H30N4/c1-3-15-32(16-4-1)46-39-20-9-11-23-41(39)49-48(50-46)52-44-30-33(27-28-37(44)38-29-26-31-14-7-8-19-36(31)47(38)52)35-22-13-25-43-45(35)40-21-10-12-24-42(40)51(43)34-17-5-2-6-18-34/h1-30H. The van der Waals surface area contributed by atoms with Crippen LogP contribution >= 0.6 is 0 Å². The number of rotatable bonds is 4. The third-order valence-corrected chi connectivity index (χ3v) is 10.5. The number of para-hydroxylation sites is 3. The van der Waals surface area contributed by atoms with Gasteiger partial charge < -0.3 is 4.57 Å². The molecular formula is C48H30N4. The summed E-state index contributed by atoms with van der Waals surface area (Å²) in [6.07, 6.45) is 0. The van der Waals surface area contributed by atoms with E-state index in [1.165, 1.54) is 48.9 Å². The van der Waals surface area contributed by atoms with E-state index in [2.05, 4.69) is 185 Å². The van der Waals surface area contributed by atoms with Gasteiger partial charge in [-0.3, -0.25) is 4.57 Å². The van der Waals surface area contributed by atoms with Gasteiger partial charge in [0.15, 0.2) is 0 Å². The molecule has 0 bridgehead atoms. The number of benzene rings is 8. The van der Waals surface area contributed by atoms with Crippen LogP contribution in [0.2, 0.25) is 0 Å². The molecule has 11 rings (SSSR count). The number of hydrogen-bond acceptors (Lipinski definition) is 2. The lowest BCUT2D eigenvalue weighted by atomic mass is 9.98. The first kappa shape index (κ1) is 28.8. The van der Waals surface area contributed by atoms with Crippen LogP contribution in [0.3, 0.4) is 0 Å². The summed E-state index contributed by atoms with van der Waals surface area (Å²) in [4.78, 5) is 10.7. The lowest BCUT2D eigenvalue weighted by Gasteiger charge is -2.13. The number of nitrogens with zero attached hydrogens (tertiary/aromatic N) is 4. The molecule has 8 aromatic carbocycles. The third kappa shape index (κ3) is 4.21. The third-order valence-electron chi connectivity index (χ3n) is 10.5. The SMILES string of the molecule is c1ccc(-c2nc(-n3c4cc(-c5cccc6c5c5ccccc5n6-c5ccccc5)ccc4c4ccc5ccccc5c43)nc3ccccc23)cc1. The fraction of sp³-hybridized carbons (Fsp3) is 0. The van der Waals surface area contributed by atoms with Crippen LogP contribution in [-0.4, -0.2) is 19.1 Å². The van der Waals surface area contributed by atoms with E-state index in [-0.39, 0.29) is 0 Å². The van der Waals surface area contributed by atoms with Crippen LogP contribution in [0.5, 0.6) is 0 Å². The van der Waals surface area contributed by atoms with Crippen LogP contribution in [0.4, 0.5) is 0 Å². The van der Waals surface area contributed by atoms with Crippen molar-refractivity contribution >= 4 is 65.3 Å². The molecule has 0 aliphatic carbocycles. The molecule has 52 heavy (non-hydrogen) atoms. The number of aromatic nitrogens is 4. The highest BCUT2D eigenvalue weighted by atomic mass is 15.2. The highest BCUT2D eigenvalue weighted by Crippen LogP contribution is 2.42. The Kier molecular flexibility index (Phi) is 6.22. The molecule has 0 fully saturated rings. The first-order valence-corrected chi connectivity index (χ1v) is 17.7. The summed E-state index contributed by atoms with van der Waals surface area (Å²) in [5.41, 5.74) is 10.9. The van der Waals surface area contributed by atoms with Gasteiger partial charge in [-0.25, -0.2) is 9.97 Å². The monoisotopic (exact) mass is 662 g/mol. The van der Waals surface area contributed by atoms with Crippen molar-refractivity contribution in [1.82, 2.24) is 19.1 Å². The van der Waals surface area contributed by atoms with Crippen molar-refractivity contribution in [3.05, 3.63) is 182 Å². The minimum atomic E-state index is 0.657. The van der Waals surface area contributed by atoms with Crippen LogP contribution in [-0.2, 0) is 0 Å². The molecule has 0 atom stereocenters. The van der Waals surface area contributed by atoms with Crippen molar-refractivity contribution in [3.63, 3.8) is 0 Å². The Balaban J connectivity index is 1.25. The van der Waals surface area contributed by atoms with E-state index in [0.717, 1.165) is 44.4 Å². The van der Waals surface area contributed by atoms with Crippen LogP contribution in [0.1, 0.15) is 0 Å². The van der Waals surface area contributed by atoms with E-state index in [0.29, 0.717) is 5.95 Å². The highest BCUT2D eigenvalue weighted by Gasteiger charge is 2.21. The van der Waals surface area contributed by atoms with Crippen LogP contribution in [0, 0.1) is 0 Å². The maximum atomic E-state index is 5.40. The zero-order chi connectivity index (χ0) is 34.2. The average Bonchev–Trinajstić information content (AvgIpc) is 3.74. The molecule has 0 aliphatic heterocycles. The average molecular weight is 663 g/mol. The molecule has 3 aromatic heterocycles. The largest absolute Gasteiger partial charge is 0.309 e. The molecule has 0 radical (unpaired) electrons. The molecule has 0 N–H and O–H groups in total. The van der Waals surface area contributed by atoms with Crippen molar-refractivity contribution < 1.29 is 0 Å². The quantitative estimate of drug-likeness (QED) is 0.188. The predicted molar refractivity (Wildman–Crippen MR) is 217 cm³/mol. The van der Waals surface area contributed by atoms with E-state index < -0.39 is 0 Å². The predicted octanol–water partition coefficient (Wildman–Crippen LogP) is 12.3. The molecule has 4 nitrogen and oxygen atoms in total. The Bertz CT molecular complexity index is 3170. The zero-order valence-corrected chi connectivity index (χ0v) is 28.1. The summed E-state index contributed by atoms with van der Waals surface area (Å²) in [5, 5.41) is 8.20. The Morgan fingerprint density at radius 1 is 0.385 bits per heavy atom. The fourth-order valence-corrected chi connectivity index (χ4v) is 8.25. The summed E-state index contributed by atoms with van der Waals surface area (Å²) in [7, 11) is 0. The summed E-state index contributed by atoms with van der Waals surface area (Å²) in [6, 6.07) is 64.8. The van der Waals surface area contributed by atoms with Gasteiger partial charge in [0.05, 0.1) is 33.3 Å². The molecule has 3 heterocycles. The summed E-state index contributed by atoms with van der Waals surface area (Å²) in [6.45, 7) is 0. The normalized spacial score (nSPS) is 11.8. The van der Waals surface area contributed by atoms with Crippen molar-refractivity contribution in [3.8, 4) is 34.0 Å². The number of fused-ring (bicyclic) bond motifs is 9. The minimum absolute atomic E-state index is 0.657. The van der Waals surface area contributed by atoms with E-state index in [9.17, 15) is 0 Å². The summed E-state index contributed by atoms with van der Waals surface area (Å²) < 4.78 is 4.67. The number of hydrogen-bond donors (Lipinski definition) is 0. The lowest BCUT2D eigenvalue weighted by Crippen LogP contribution is -2.04. The van der Waals surface area contributed by atoms with Crippen molar-refractivity contribution in [2.45, 2.75) is 0 Å². The van der Waals surface area contributed by atoms with Gasteiger partial charge in [-0.1, -0.05) is 146 Å². The van der Waals surface area contributed by atoms with Crippen molar-refractivity contribution in [2.75, 3.05) is 0 Å². The molecular weight excluding hydrogens is 633 g/mol. The van der Waals surface area contributed by atoms with E-state index in [4.69, 9.17) is 9.97 Å². The molecule has 0 spiro atoms. The van der Waals surface area contributed by atoms with Gasteiger partial charge in [0.1, 0.15) is 0 Å². The van der Waals surface area contributed by atoms with Gasteiger partial charge in [0.2, 0.25) is 5.95 Å². The van der Waals surface area contributed by atoms with Gasteiger partial charge in [-0.2, -0.15) is 0 Å². The van der Waals surface area contributed by atoms with Crippen LogP contribution < -0.4 is 0 Å². The smallest absolute Gasteiger partial charge is 0.235 e. The molecule has 0 amide bonds.